The number of hydrogen-bond donors (Lipinski definition) is 1. The van der Waals surface area contributed by atoms with Crippen molar-refractivity contribution in [3.05, 3.63) is 29.8 Å². The van der Waals surface area contributed by atoms with Gasteiger partial charge in [0.1, 0.15) is 0 Å². The molecule has 2 rings (SSSR count). The molecule has 0 aliphatic carbocycles. The SMILES string of the molecule is CONCc1ccccc1N1CCN(C)C(=O)C1. The van der Waals surface area contributed by atoms with E-state index in [2.05, 4.69) is 10.4 Å². The lowest BCUT2D eigenvalue weighted by Gasteiger charge is -2.34. The van der Waals surface area contributed by atoms with Gasteiger partial charge in [-0.1, -0.05) is 18.2 Å². The van der Waals surface area contributed by atoms with Crippen molar-refractivity contribution in [1.82, 2.24) is 10.4 Å². The van der Waals surface area contributed by atoms with Crippen LogP contribution in [-0.2, 0) is 16.2 Å². The van der Waals surface area contributed by atoms with Crippen molar-refractivity contribution in [2.24, 2.45) is 0 Å². The number of benzene rings is 1. The molecule has 1 aromatic rings. The number of nitrogens with one attached hydrogen (secondary N) is 1. The van der Waals surface area contributed by atoms with Gasteiger partial charge in [0.05, 0.1) is 13.7 Å². The number of likely N-dealkylation sites (N-methyl/N-ethyl adjacent to an activating group) is 1. The Balaban J connectivity index is 2.14. The third kappa shape index (κ3) is 2.80. The molecule has 0 saturated carbocycles. The fourth-order valence-electron chi connectivity index (χ4n) is 2.08. The molecule has 1 aliphatic heterocycles. The molecule has 1 N–H and O–H groups in total. The largest absolute Gasteiger partial charge is 0.360 e. The number of piperazine rings is 1. The Morgan fingerprint density at radius 1 is 1.33 bits per heavy atom. The molecule has 98 valence electrons. The molecule has 1 amide bonds. The van der Waals surface area contributed by atoms with Gasteiger partial charge in [-0.25, -0.2) is 0 Å². The second-order valence-electron chi connectivity index (χ2n) is 4.39. The van der Waals surface area contributed by atoms with Crippen molar-refractivity contribution in [1.29, 1.82) is 0 Å². The van der Waals surface area contributed by atoms with Crippen LogP contribution in [-0.4, -0.2) is 44.6 Å². The van der Waals surface area contributed by atoms with E-state index in [1.807, 2.05) is 31.3 Å². The van der Waals surface area contributed by atoms with Gasteiger partial charge in [0.15, 0.2) is 0 Å². The number of hydrogen-bond acceptors (Lipinski definition) is 4. The van der Waals surface area contributed by atoms with Gasteiger partial charge in [-0.2, -0.15) is 5.48 Å². The van der Waals surface area contributed by atoms with Gasteiger partial charge in [0, 0.05) is 32.4 Å². The lowest BCUT2D eigenvalue weighted by Crippen LogP contribution is -2.48. The zero-order chi connectivity index (χ0) is 13.0. The molecule has 1 aromatic carbocycles. The summed E-state index contributed by atoms with van der Waals surface area (Å²) in [6, 6.07) is 8.08. The Hall–Kier alpha value is -1.59. The number of para-hydroxylation sites is 1. The summed E-state index contributed by atoms with van der Waals surface area (Å²) in [5.74, 6) is 0.163. The molecule has 1 fully saturated rings. The predicted octanol–water partition coefficient (Wildman–Crippen LogP) is 0.616. The van der Waals surface area contributed by atoms with Crippen molar-refractivity contribution in [3.63, 3.8) is 0 Å². The normalized spacial score (nSPS) is 16.2. The summed E-state index contributed by atoms with van der Waals surface area (Å²) in [5, 5.41) is 0. The van der Waals surface area contributed by atoms with Crippen molar-refractivity contribution in [2.45, 2.75) is 6.54 Å². The minimum atomic E-state index is 0.163. The highest BCUT2D eigenvalue weighted by Gasteiger charge is 2.22. The summed E-state index contributed by atoms with van der Waals surface area (Å²) in [7, 11) is 3.44. The number of hydroxylamine groups is 1. The van der Waals surface area contributed by atoms with Crippen LogP contribution in [0.15, 0.2) is 24.3 Å². The second kappa shape index (κ2) is 5.84. The molecule has 1 aliphatic rings. The molecule has 0 aromatic heterocycles. The Labute approximate surface area is 107 Å². The molecule has 5 heteroatoms. The quantitative estimate of drug-likeness (QED) is 0.794. The van der Waals surface area contributed by atoms with Crippen molar-refractivity contribution in [2.75, 3.05) is 38.7 Å². The van der Waals surface area contributed by atoms with E-state index in [0.29, 0.717) is 13.1 Å². The molecular weight excluding hydrogens is 230 g/mol. The summed E-state index contributed by atoms with van der Waals surface area (Å²) in [4.78, 5) is 20.5. The summed E-state index contributed by atoms with van der Waals surface area (Å²) >= 11 is 0. The van der Waals surface area contributed by atoms with Gasteiger partial charge < -0.3 is 14.6 Å². The third-order valence-corrected chi connectivity index (χ3v) is 3.20. The highest BCUT2D eigenvalue weighted by atomic mass is 16.6. The number of carbonyl (C=O) groups excluding carboxylic acids is 1. The van der Waals surface area contributed by atoms with Crippen LogP contribution in [0.2, 0.25) is 0 Å². The first-order valence-electron chi connectivity index (χ1n) is 6.05. The topological polar surface area (TPSA) is 44.8 Å². The molecule has 5 nitrogen and oxygen atoms in total. The molecule has 1 heterocycles. The maximum atomic E-state index is 11.7. The van der Waals surface area contributed by atoms with Crippen molar-refractivity contribution >= 4 is 11.6 Å². The molecule has 0 spiro atoms. The number of nitrogens with zero attached hydrogens (tertiary/aromatic N) is 2. The summed E-state index contributed by atoms with van der Waals surface area (Å²) in [6.45, 7) is 2.71. The molecule has 0 radical (unpaired) electrons. The van der Waals surface area contributed by atoms with E-state index in [4.69, 9.17) is 4.84 Å². The van der Waals surface area contributed by atoms with Crippen LogP contribution in [0.5, 0.6) is 0 Å². The highest BCUT2D eigenvalue weighted by Crippen LogP contribution is 2.21. The van der Waals surface area contributed by atoms with Gasteiger partial charge in [-0.05, 0) is 11.6 Å². The van der Waals surface area contributed by atoms with E-state index in [1.165, 1.54) is 0 Å². The minimum Gasteiger partial charge on any atom is -0.360 e. The van der Waals surface area contributed by atoms with Crippen LogP contribution in [0.3, 0.4) is 0 Å². The van der Waals surface area contributed by atoms with Crippen LogP contribution < -0.4 is 10.4 Å². The van der Waals surface area contributed by atoms with E-state index in [1.54, 1.807) is 12.0 Å². The smallest absolute Gasteiger partial charge is 0.241 e. The lowest BCUT2D eigenvalue weighted by atomic mass is 10.1. The molecule has 1 saturated heterocycles. The Morgan fingerprint density at radius 2 is 2.11 bits per heavy atom. The van der Waals surface area contributed by atoms with Crippen LogP contribution >= 0.6 is 0 Å². The van der Waals surface area contributed by atoms with Crippen LogP contribution in [0, 0.1) is 0 Å². The second-order valence-corrected chi connectivity index (χ2v) is 4.39. The lowest BCUT2D eigenvalue weighted by molar-refractivity contribution is -0.129. The molecular formula is C13H19N3O2. The van der Waals surface area contributed by atoms with Crippen LogP contribution in [0.1, 0.15) is 5.56 Å². The molecule has 18 heavy (non-hydrogen) atoms. The first-order valence-corrected chi connectivity index (χ1v) is 6.05. The van der Waals surface area contributed by atoms with Crippen LogP contribution in [0.25, 0.3) is 0 Å². The number of carbonyl (C=O) groups is 1. The third-order valence-electron chi connectivity index (χ3n) is 3.20. The maximum absolute atomic E-state index is 11.7. The van der Waals surface area contributed by atoms with Crippen LogP contribution in [0.4, 0.5) is 5.69 Å². The van der Waals surface area contributed by atoms with Gasteiger partial charge in [-0.15, -0.1) is 0 Å². The molecule has 0 unspecified atom stereocenters. The van der Waals surface area contributed by atoms with Gasteiger partial charge in [-0.3, -0.25) is 4.79 Å². The molecule has 0 atom stereocenters. The van der Waals surface area contributed by atoms with E-state index in [-0.39, 0.29) is 5.91 Å². The average Bonchev–Trinajstić information content (AvgIpc) is 2.40. The van der Waals surface area contributed by atoms with Crippen molar-refractivity contribution in [3.8, 4) is 0 Å². The maximum Gasteiger partial charge on any atom is 0.241 e. The van der Waals surface area contributed by atoms with E-state index in [0.717, 1.165) is 24.3 Å². The van der Waals surface area contributed by atoms with Gasteiger partial charge in [0.25, 0.3) is 0 Å². The zero-order valence-corrected chi connectivity index (χ0v) is 10.8. The summed E-state index contributed by atoms with van der Waals surface area (Å²) in [5.41, 5.74) is 5.08. The van der Waals surface area contributed by atoms with Gasteiger partial charge in [0.2, 0.25) is 5.91 Å². The number of amides is 1. The Morgan fingerprint density at radius 3 is 2.83 bits per heavy atom. The minimum absolute atomic E-state index is 0.163. The van der Waals surface area contributed by atoms with E-state index < -0.39 is 0 Å². The fourth-order valence-corrected chi connectivity index (χ4v) is 2.08. The van der Waals surface area contributed by atoms with Gasteiger partial charge >= 0.3 is 0 Å². The Bertz CT molecular complexity index is 422. The number of rotatable bonds is 4. The monoisotopic (exact) mass is 249 g/mol. The standard InChI is InChI=1S/C13H19N3O2/c1-15-7-8-16(10-13(15)17)12-6-4-3-5-11(12)9-14-18-2/h3-6,14H,7-10H2,1-2H3. The van der Waals surface area contributed by atoms with E-state index in [9.17, 15) is 4.79 Å². The highest BCUT2D eigenvalue weighted by molar-refractivity contribution is 5.82. The predicted molar refractivity (Wildman–Crippen MR) is 70.1 cm³/mol. The van der Waals surface area contributed by atoms with Crippen molar-refractivity contribution < 1.29 is 9.63 Å². The summed E-state index contributed by atoms with van der Waals surface area (Å²) in [6.07, 6.45) is 0. The fraction of sp³-hybridized carbons (Fsp3) is 0.462. The first-order chi connectivity index (χ1) is 8.72. The van der Waals surface area contributed by atoms with E-state index >= 15 is 0 Å². The zero-order valence-electron chi connectivity index (χ0n) is 10.8. The summed E-state index contributed by atoms with van der Waals surface area (Å²) < 4.78 is 0. The number of anilines is 1. The molecule has 0 bridgehead atoms. The Kier molecular flexibility index (Phi) is 4.17. The first kappa shape index (κ1) is 12.9. The average molecular weight is 249 g/mol.